The van der Waals surface area contributed by atoms with Gasteiger partial charge in [0.1, 0.15) is 5.75 Å². The molecule has 2 fully saturated rings. The van der Waals surface area contributed by atoms with Crippen LogP contribution in [-0.2, 0) is 17.4 Å². The summed E-state index contributed by atoms with van der Waals surface area (Å²) in [4.78, 5) is 33.4. The molecular weight excluding hydrogens is 555 g/mol. The molecule has 4 rings (SSSR count). The maximum absolute atomic E-state index is 14.3. The Labute approximate surface area is 252 Å². The summed E-state index contributed by atoms with van der Waals surface area (Å²) in [6, 6.07) is 8.05. The zero-order chi connectivity index (χ0) is 31.7. The number of ether oxygens (including phenoxy) is 1. The molecule has 6 nitrogen and oxygen atoms in total. The summed E-state index contributed by atoms with van der Waals surface area (Å²) in [5.74, 6) is 0.724. The molecule has 0 bridgehead atoms. The van der Waals surface area contributed by atoms with Gasteiger partial charge in [-0.05, 0) is 86.1 Å². The number of allylic oxidation sites excluding steroid dienone is 2. The summed E-state index contributed by atoms with van der Waals surface area (Å²) in [6.07, 6.45) is 1.01. The first-order valence-electron chi connectivity index (χ1n) is 14.7. The first-order chi connectivity index (χ1) is 20.3. The minimum absolute atomic E-state index is 0.0401. The van der Waals surface area contributed by atoms with Crippen molar-refractivity contribution in [1.82, 2.24) is 14.7 Å². The summed E-state index contributed by atoms with van der Waals surface area (Å²) in [5.41, 5.74) is 1.40. The van der Waals surface area contributed by atoms with Crippen LogP contribution in [0.2, 0.25) is 0 Å². The van der Waals surface area contributed by atoms with Gasteiger partial charge < -0.3 is 19.4 Å². The monoisotopic (exact) mass is 597 g/mol. The fourth-order valence-electron chi connectivity index (χ4n) is 6.76. The molecule has 2 aromatic carbocycles. The van der Waals surface area contributed by atoms with E-state index in [0.29, 0.717) is 49.1 Å². The molecule has 2 unspecified atom stereocenters. The van der Waals surface area contributed by atoms with Gasteiger partial charge in [-0.25, -0.2) is 4.79 Å². The van der Waals surface area contributed by atoms with Gasteiger partial charge in [0.25, 0.3) is 0 Å². The van der Waals surface area contributed by atoms with Crippen LogP contribution in [-0.4, -0.2) is 59.9 Å². The lowest BCUT2D eigenvalue weighted by molar-refractivity contribution is -0.139. The van der Waals surface area contributed by atoms with Gasteiger partial charge in [0.05, 0.1) is 36.2 Å². The number of alkyl halides is 3. The summed E-state index contributed by atoms with van der Waals surface area (Å²) >= 11 is 0. The number of fused-ring (bicyclic) bond motifs is 1. The van der Waals surface area contributed by atoms with Gasteiger partial charge in [-0.3, -0.25) is 4.79 Å². The zero-order valence-electron chi connectivity index (χ0n) is 25.7. The number of carbonyl (C=O) groups is 2. The maximum atomic E-state index is 14.3. The van der Waals surface area contributed by atoms with Gasteiger partial charge in [0, 0.05) is 20.1 Å². The molecule has 43 heavy (non-hydrogen) atoms. The standard InChI is InChI=1S/C34H42F3N3O3/c1-8-13-33(14-9-2)21-29-30(28-12-11-27(43-7)17-22(28)4)40(16-15-39(29)31(33)41)32(42)38(6)23(5)25-18-24(10-3)19-26(20-25)34(35,36)37/h8-9,11-12,17-20,23,29-30H,1-2,10,13-16,21H2,3-7H3/t23-,29?,30?/m1/s1. The Balaban J connectivity index is 1.75. The van der Waals surface area contributed by atoms with Crippen LogP contribution in [0.1, 0.15) is 73.0 Å². The van der Waals surface area contributed by atoms with Crippen LogP contribution in [0.5, 0.6) is 5.75 Å². The predicted molar refractivity (Wildman–Crippen MR) is 162 cm³/mol. The number of aryl methyl sites for hydroxylation is 2. The number of carbonyl (C=O) groups excluding carboxylic acids is 2. The minimum atomic E-state index is -4.49. The van der Waals surface area contributed by atoms with Crippen molar-refractivity contribution in [2.75, 3.05) is 27.2 Å². The van der Waals surface area contributed by atoms with Crippen LogP contribution in [0.15, 0.2) is 61.7 Å². The number of urea groups is 1. The van der Waals surface area contributed by atoms with E-state index >= 15 is 0 Å². The molecule has 2 saturated heterocycles. The van der Waals surface area contributed by atoms with Crippen molar-refractivity contribution >= 4 is 11.9 Å². The Hall–Kier alpha value is -3.75. The number of nitrogens with zero attached hydrogens (tertiary/aromatic N) is 3. The van der Waals surface area contributed by atoms with Crippen molar-refractivity contribution < 1.29 is 27.5 Å². The van der Waals surface area contributed by atoms with E-state index in [4.69, 9.17) is 4.74 Å². The Kier molecular flexibility index (Phi) is 9.33. The van der Waals surface area contributed by atoms with Gasteiger partial charge in [0.15, 0.2) is 0 Å². The average molecular weight is 598 g/mol. The van der Waals surface area contributed by atoms with Gasteiger partial charge in [-0.15, -0.1) is 13.2 Å². The Bertz CT molecular complexity index is 1380. The van der Waals surface area contributed by atoms with Gasteiger partial charge in [-0.1, -0.05) is 31.2 Å². The van der Waals surface area contributed by atoms with Crippen LogP contribution >= 0.6 is 0 Å². The highest BCUT2D eigenvalue weighted by molar-refractivity contribution is 5.87. The molecule has 3 amide bonds. The SMILES string of the molecule is C=CCC1(CC=C)CC2C(c3ccc(OC)cc3C)N(C(=O)N(C)[C@H](C)c3cc(CC)cc(C(F)(F)F)c3)CCN2C1=O. The second kappa shape index (κ2) is 12.5. The Morgan fingerprint density at radius 2 is 1.84 bits per heavy atom. The van der Waals surface area contributed by atoms with Crippen molar-refractivity contribution in [2.45, 2.75) is 70.8 Å². The normalized spacial score (nSPS) is 20.4. The molecule has 0 aliphatic carbocycles. The number of methoxy groups -OCH3 is 1. The summed E-state index contributed by atoms with van der Waals surface area (Å²) in [5, 5.41) is 0. The molecule has 2 aliphatic rings. The molecule has 0 saturated carbocycles. The minimum Gasteiger partial charge on any atom is -0.497 e. The van der Waals surface area contributed by atoms with Crippen molar-refractivity contribution in [1.29, 1.82) is 0 Å². The number of rotatable bonds is 9. The fraction of sp³-hybridized carbons (Fsp3) is 0.471. The molecule has 0 N–H and O–H groups in total. The van der Waals surface area contributed by atoms with Crippen molar-refractivity contribution in [3.05, 3.63) is 89.5 Å². The highest BCUT2D eigenvalue weighted by atomic mass is 19.4. The van der Waals surface area contributed by atoms with E-state index in [1.54, 1.807) is 44.2 Å². The van der Waals surface area contributed by atoms with Crippen LogP contribution < -0.4 is 4.74 Å². The maximum Gasteiger partial charge on any atom is 0.416 e. The molecule has 0 aromatic heterocycles. The van der Waals surface area contributed by atoms with E-state index in [2.05, 4.69) is 13.2 Å². The van der Waals surface area contributed by atoms with Crippen molar-refractivity contribution in [3.63, 3.8) is 0 Å². The van der Waals surface area contributed by atoms with Crippen LogP contribution in [0.25, 0.3) is 0 Å². The van der Waals surface area contributed by atoms with E-state index in [0.717, 1.165) is 23.3 Å². The zero-order valence-corrected chi connectivity index (χ0v) is 25.7. The van der Waals surface area contributed by atoms with Crippen LogP contribution in [0, 0.1) is 12.3 Å². The third-order valence-corrected chi connectivity index (χ3v) is 9.22. The highest BCUT2D eigenvalue weighted by Crippen LogP contribution is 2.50. The molecule has 2 heterocycles. The third kappa shape index (κ3) is 6.04. The Morgan fingerprint density at radius 3 is 2.40 bits per heavy atom. The lowest BCUT2D eigenvalue weighted by Gasteiger charge is -2.47. The molecule has 0 radical (unpaired) electrons. The lowest BCUT2D eigenvalue weighted by Crippen LogP contribution is -2.57. The average Bonchev–Trinajstić information content (AvgIpc) is 3.25. The summed E-state index contributed by atoms with van der Waals surface area (Å²) in [6.45, 7) is 14.0. The first kappa shape index (κ1) is 32.2. The predicted octanol–water partition coefficient (Wildman–Crippen LogP) is 7.49. The van der Waals surface area contributed by atoms with Gasteiger partial charge >= 0.3 is 12.2 Å². The third-order valence-electron chi connectivity index (χ3n) is 9.22. The molecule has 0 spiro atoms. The number of amides is 3. The van der Waals surface area contributed by atoms with E-state index in [1.807, 2.05) is 36.9 Å². The molecule has 3 atom stereocenters. The van der Waals surface area contributed by atoms with Crippen molar-refractivity contribution in [2.24, 2.45) is 5.41 Å². The summed E-state index contributed by atoms with van der Waals surface area (Å²) in [7, 11) is 3.22. The molecule has 2 aliphatic heterocycles. The number of hydrogen-bond acceptors (Lipinski definition) is 3. The topological polar surface area (TPSA) is 53.1 Å². The second-order valence-corrected chi connectivity index (χ2v) is 11.8. The molecular formula is C34H42F3N3O3. The van der Waals surface area contributed by atoms with E-state index in [9.17, 15) is 22.8 Å². The number of halogens is 3. The largest absolute Gasteiger partial charge is 0.497 e. The smallest absolute Gasteiger partial charge is 0.416 e. The van der Waals surface area contributed by atoms with E-state index in [1.165, 1.54) is 4.90 Å². The van der Waals surface area contributed by atoms with E-state index < -0.39 is 29.2 Å². The quantitative estimate of drug-likeness (QED) is 0.282. The summed E-state index contributed by atoms with van der Waals surface area (Å²) < 4.78 is 46.6. The highest BCUT2D eigenvalue weighted by Gasteiger charge is 2.56. The number of piperazine rings is 1. The molecule has 232 valence electrons. The van der Waals surface area contributed by atoms with Crippen LogP contribution in [0.4, 0.5) is 18.0 Å². The van der Waals surface area contributed by atoms with Gasteiger partial charge in [0.2, 0.25) is 5.91 Å². The fourth-order valence-corrected chi connectivity index (χ4v) is 6.76. The number of benzene rings is 2. The van der Waals surface area contributed by atoms with Crippen molar-refractivity contribution in [3.8, 4) is 5.75 Å². The first-order valence-corrected chi connectivity index (χ1v) is 14.7. The number of hydrogen-bond donors (Lipinski definition) is 0. The lowest BCUT2D eigenvalue weighted by atomic mass is 9.76. The molecule has 2 aromatic rings. The Morgan fingerprint density at radius 1 is 1.16 bits per heavy atom. The molecule has 9 heteroatoms. The van der Waals surface area contributed by atoms with E-state index in [-0.39, 0.29) is 24.5 Å². The second-order valence-electron chi connectivity index (χ2n) is 11.8. The van der Waals surface area contributed by atoms with Crippen LogP contribution in [0.3, 0.4) is 0 Å². The van der Waals surface area contributed by atoms with Gasteiger partial charge in [-0.2, -0.15) is 13.2 Å².